The summed E-state index contributed by atoms with van der Waals surface area (Å²) in [6.07, 6.45) is -7.67. The van der Waals surface area contributed by atoms with Crippen LogP contribution in [0.25, 0.3) is 0 Å². The standard InChI is InChI=1S/C16H22O10/c1-22-8-4-7(5-9(23-2)14(8)24-3)15(21)26-16-13(20)12(19)11(18)10(6-17)25-16/h4-5,10-13,16-20H,6H2,1-3H3/t10-,11+,12+,13-,16-/m0/s1. The number of hydrogen-bond acceptors (Lipinski definition) is 10. The molecule has 1 aromatic carbocycles. The van der Waals surface area contributed by atoms with Crippen LogP contribution in [0.5, 0.6) is 17.2 Å². The molecular weight excluding hydrogens is 352 g/mol. The summed E-state index contributed by atoms with van der Waals surface area (Å²) in [5.74, 6) is -0.201. The zero-order valence-corrected chi connectivity index (χ0v) is 14.5. The molecule has 0 aliphatic carbocycles. The van der Waals surface area contributed by atoms with Crippen LogP contribution in [0.4, 0.5) is 0 Å². The van der Waals surface area contributed by atoms with E-state index in [1.807, 2.05) is 0 Å². The number of methoxy groups -OCH3 is 3. The Labute approximate surface area is 149 Å². The van der Waals surface area contributed by atoms with Gasteiger partial charge in [-0.3, -0.25) is 0 Å². The van der Waals surface area contributed by atoms with Crippen molar-refractivity contribution in [2.75, 3.05) is 27.9 Å². The highest BCUT2D eigenvalue weighted by molar-refractivity contribution is 5.91. The van der Waals surface area contributed by atoms with E-state index in [9.17, 15) is 20.1 Å². The molecular formula is C16H22O10. The summed E-state index contributed by atoms with van der Waals surface area (Å²) in [5, 5.41) is 38.6. The first kappa shape index (κ1) is 20.2. The fourth-order valence-corrected chi connectivity index (χ4v) is 2.54. The lowest BCUT2D eigenvalue weighted by Gasteiger charge is -2.39. The van der Waals surface area contributed by atoms with E-state index in [1.54, 1.807) is 0 Å². The molecule has 1 saturated heterocycles. The van der Waals surface area contributed by atoms with Gasteiger partial charge in [0, 0.05) is 0 Å². The van der Waals surface area contributed by atoms with Crippen molar-refractivity contribution in [3.63, 3.8) is 0 Å². The topological polar surface area (TPSA) is 144 Å². The fourth-order valence-electron chi connectivity index (χ4n) is 2.54. The van der Waals surface area contributed by atoms with Gasteiger partial charge < -0.3 is 44.1 Å². The predicted octanol–water partition coefficient (Wildman–Crippen LogP) is -1.33. The van der Waals surface area contributed by atoms with Gasteiger partial charge in [-0.05, 0) is 12.1 Å². The van der Waals surface area contributed by atoms with Gasteiger partial charge in [0.25, 0.3) is 0 Å². The quantitative estimate of drug-likeness (QED) is 0.442. The van der Waals surface area contributed by atoms with Crippen molar-refractivity contribution >= 4 is 5.97 Å². The summed E-state index contributed by atoms with van der Waals surface area (Å²) in [6.45, 7) is -0.636. The molecule has 1 aliphatic heterocycles. The predicted molar refractivity (Wildman–Crippen MR) is 85.3 cm³/mol. The average molecular weight is 374 g/mol. The van der Waals surface area contributed by atoms with Crippen LogP contribution in [0.2, 0.25) is 0 Å². The lowest BCUT2D eigenvalue weighted by atomic mass is 9.99. The van der Waals surface area contributed by atoms with Crippen molar-refractivity contribution in [3.05, 3.63) is 17.7 Å². The number of aliphatic hydroxyl groups excluding tert-OH is 4. The molecule has 1 aromatic rings. The molecule has 146 valence electrons. The van der Waals surface area contributed by atoms with E-state index in [0.717, 1.165) is 0 Å². The Morgan fingerprint density at radius 2 is 1.58 bits per heavy atom. The van der Waals surface area contributed by atoms with E-state index < -0.39 is 43.3 Å². The smallest absolute Gasteiger partial charge is 0.340 e. The van der Waals surface area contributed by atoms with Gasteiger partial charge in [0.1, 0.15) is 24.4 Å². The highest BCUT2D eigenvalue weighted by Gasteiger charge is 2.45. The zero-order chi connectivity index (χ0) is 19.4. The number of carbonyl (C=O) groups is 1. The Balaban J connectivity index is 2.24. The van der Waals surface area contributed by atoms with Crippen molar-refractivity contribution in [2.45, 2.75) is 30.7 Å². The molecule has 1 fully saturated rings. The highest BCUT2D eigenvalue weighted by atomic mass is 16.7. The number of hydrogen-bond donors (Lipinski definition) is 4. The summed E-state index contributed by atoms with van der Waals surface area (Å²) < 4.78 is 25.7. The van der Waals surface area contributed by atoms with Crippen molar-refractivity contribution in [1.82, 2.24) is 0 Å². The van der Waals surface area contributed by atoms with Crippen molar-refractivity contribution in [1.29, 1.82) is 0 Å². The third-order valence-corrected chi connectivity index (χ3v) is 3.97. The van der Waals surface area contributed by atoms with E-state index in [4.69, 9.17) is 28.8 Å². The Morgan fingerprint density at radius 1 is 1.00 bits per heavy atom. The van der Waals surface area contributed by atoms with Gasteiger partial charge in [-0.25, -0.2) is 4.79 Å². The van der Waals surface area contributed by atoms with Gasteiger partial charge in [-0.2, -0.15) is 0 Å². The van der Waals surface area contributed by atoms with Crippen molar-refractivity contribution < 1.29 is 48.9 Å². The molecule has 26 heavy (non-hydrogen) atoms. The molecule has 4 N–H and O–H groups in total. The molecule has 0 unspecified atom stereocenters. The second-order valence-corrected chi connectivity index (χ2v) is 5.52. The maximum absolute atomic E-state index is 12.4. The fraction of sp³-hybridized carbons (Fsp3) is 0.562. The van der Waals surface area contributed by atoms with Crippen molar-refractivity contribution in [2.24, 2.45) is 0 Å². The molecule has 0 saturated carbocycles. The minimum Gasteiger partial charge on any atom is -0.493 e. The number of ether oxygens (including phenoxy) is 5. The molecule has 10 nitrogen and oxygen atoms in total. The molecule has 5 atom stereocenters. The van der Waals surface area contributed by atoms with Crippen LogP contribution >= 0.6 is 0 Å². The normalized spacial score (nSPS) is 28.3. The molecule has 0 aromatic heterocycles. The van der Waals surface area contributed by atoms with Crippen LogP contribution in [0.1, 0.15) is 10.4 Å². The van der Waals surface area contributed by atoms with Crippen LogP contribution in [0.15, 0.2) is 12.1 Å². The third kappa shape index (κ3) is 3.84. The third-order valence-electron chi connectivity index (χ3n) is 3.97. The van der Waals surface area contributed by atoms with Gasteiger partial charge in [0.2, 0.25) is 12.0 Å². The van der Waals surface area contributed by atoms with Crippen LogP contribution in [0, 0.1) is 0 Å². The summed E-state index contributed by atoms with van der Waals surface area (Å²) in [5.41, 5.74) is 0.0106. The molecule has 1 heterocycles. The number of aliphatic hydroxyl groups is 4. The Kier molecular flexibility index (Phi) is 6.62. The molecule has 10 heteroatoms. The molecule has 0 spiro atoms. The minimum atomic E-state index is -1.70. The maximum Gasteiger partial charge on any atom is 0.340 e. The van der Waals surface area contributed by atoms with E-state index in [1.165, 1.54) is 33.5 Å². The lowest BCUT2D eigenvalue weighted by molar-refractivity contribution is -0.285. The molecule has 0 amide bonds. The molecule has 1 aliphatic rings. The number of esters is 1. The van der Waals surface area contributed by atoms with E-state index in [0.29, 0.717) is 0 Å². The number of rotatable bonds is 6. The largest absolute Gasteiger partial charge is 0.493 e. The van der Waals surface area contributed by atoms with Gasteiger partial charge in [0.05, 0.1) is 33.5 Å². The Morgan fingerprint density at radius 3 is 2.04 bits per heavy atom. The second kappa shape index (κ2) is 8.52. The first-order valence-corrected chi connectivity index (χ1v) is 7.69. The summed E-state index contributed by atoms with van der Waals surface area (Å²) >= 11 is 0. The molecule has 2 rings (SSSR count). The molecule has 0 radical (unpaired) electrons. The van der Waals surface area contributed by atoms with E-state index in [2.05, 4.69) is 0 Å². The SMILES string of the molecule is COc1cc(C(=O)O[C@@H]2O[C@@H](CO)[C@@H](O)[C@@H](O)[C@@H]2O)cc(OC)c1OC. The summed E-state index contributed by atoms with van der Waals surface area (Å²) in [4.78, 5) is 12.4. The lowest BCUT2D eigenvalue weighted by Crippen LogP contribution is -2.59. The van der Waals surface area contributed by atoms with Gasteiger partial charge >= 0.3 is 5.97 Å². The monoisotopic (exact) mass is 374 g/mol. The first-order valence-electron chi connectivity index (χ1n) is 7.69. The molecule has 0 bridgehead atoms. The average Bonchev–Trinajstić information content (AvgIpc) is 2.66. The first-order chi connectivity index (χ1) is 12.4. The van der Waals surface area contributed by atoms with E-state index in [-0.39, 0.29) is 22.8 Å². The van der Waals surface area contributed by atoms with Gasteiger partial charge in [-0.15, -0.1) is 0 Å². The zero-order valence-electron chi connectivity index (χ0n) is 14.5. The van der Waals surface area contributed by atoms with Crippen molar-refractivity contribution in [3.8, 4) is 17.2 Å². The number of carbonyl (C=O) groups excluding carboxylic acids is 1. The van der Waals surface area contributed by atoms with Gasteiger partial charge in [-0.1, -0.05) is 0 Å². The maximum atomic E-state index is 12.4. The van der Waals surface area contributed by atoms with Crippen LogP contribution in [-0.2, 0) is 9.47 Å². The van der Waals surface area contributed by atoms with Crippen LogP contribution in [-0.4, -0.2) is 85.0 Å². The minimum absolute atomic E-state index is 0.0106. The second-order valence-electron chi connectivity index (χ2n) is 5.52. The van der Waals surface area contributed by atoms with E-state index >= 15 is 0 Å². The van der Waals surface area contributed by atoms with Crippen LogP contribution < -0.4 is 14.2 Å². The van der Waals surface area contributed by atoms with Crippen LogP contribution in [0.3, 0.4) is 0 Å². The van der Waals surface area contributed by atoms with Gasteiger partial charge in [0.15, 0.2) is 11.5 Å². The highest BCUT2D eigenvalue weighted by Crippen LogP contribution is 2.38. The summed E-state index contributed by atoms with van der Waals surface area (Å²) in [7, 11) is 4.17. The Bertz CT molecular complexity index is 606. The number of benzene rings is 1. The Hall–Kier alpha value is -2.11. The summed E-state index contributed by atoms with van der Waals surface area (Å²) in [6, 6.07) is 2.68.